The van der Waals surface area contributed by atoms with Gasteiger partial charge in [0.05, 0.1) is 17.6 Å². The van der Waals surface area contributed by atoms with Crippen molar-refractivity contribution < 1.29 is 14.5 Å². The fraction of sp³-hybridized carbons (Fsp3) is 0.333. The van der Waals surface area contributed by atoms with Gasteiger partial charge in [-0.25, -0.2) is 0 Å². The highest BCUT2D eigenvalue weighted by molar-refractivity contribution is 5.92. The molecule has 0 aromatic heterocycles. The summed E-state index contributed by atoms with van der Waals surface area (Å²) in [6, 6.07) is 3.39. The largest absolute Gasteiger partial charge is 0.469 e. The molecular formula is C12H17N3O4. The predicted octanol–water partition coefficient (Wildman–Crippen LogP) is 2.12. The average molecular weight is 267 g/mol. The quantitative estimate of drug-likeness (QED) is 0.377. The summed E-state index contributed by atoms with van der Waals surface area (Å²) in [5.74, 6) is -0.245. The number of carbonyl (C=O) groups is 1. The number of nitro groups is 1. The Morgan fingerprint density at radius 2 is 2.05 bits per heavy atom. The Morgan fingerprint density at radius 1 is 1.53 bits per heavy atom. The Balaban J connectivity index is 0.000000555. The summed E-state index contributed by atoms with van der Waals surface area (Å²) in [5.41, 5.74) is 1.47. The molecule has 0 radical (unpaired) electrons. The van der Waals surface area contributed by atoms with E-state index in [9.17, 15) is 14.9 Å². The molecule has 0 atom stereocenters. The van der Waals surface area contributed by atoms with Crippen molar-refractivity contribution in [3.8, 4) is 0 Å². The number of benzene rings is 1. The number of hydrogen-bond donors (Lipinski definition) is 2. The van der Waals surface area contributed by atoms with Gasteiger partial charge in [0, 0.05) is 31.4 Å². The maximum atomic E-state index is 10.7. The van der Waals surface area contributed by atoms with E-state index < -0.39 is 4.92 Å². The van der Waals surface area contributed by atoms with Gasteiger partial charge >= 0.3 is 5.97 Å². The summed E-state index contributed by atoms with van der Waals surface area (Å²) in [7, 11) is 3.02. The van der Waals surface area contributed by atoms with Crippen molar-refractivity contribution in [3.05, 3.63) is 33.4 Å². The summed E-state index contributed by atoms with van der Waals surface area (Å²) in [6.07, 6.45) is 0.997. The number of ether oxygens (including phenoxy) is 1. The molecule has 0 heterocycles. The van der Waals surface area contributed by atoms with Crippen LogP contribution in [0.4, 0.5) is 11.4 Å². The Labute approximate surface area is 111 Å². The van der Waals surface area contributed by atoms with E-state index in [4.69, 9.17) is 5.41 Å². The molecular weight excluding hydrogens is 250 g/mol. The molecule has 7 heteroatoms. The number of hydrogen-bond acceptors (Lipinski definition) is 6. The van der Waals surface area contributed by atoms with Gasteiger partial charge in [0.1, 0.15) is 0 Å². The minimum atomic E-state index is -0.462. The zero-order chi connectivity index (χ0) is 15.0. The maximum absolute atomic E-state index is 10.7. The number of rotatable bonds is 3. The summed E-state index contributed by atoms with van der Waals surface area (Å²) in [6.45, 7) is 3.02. The Bertz CT molecular complexity index is 486. The molecule has 0 unspecified atom stereocenters. The average Bonchev–Trinajstić information content (AvgIpc) is 2.38. The minimum absolute atomic E-state index is 0.00755. The van der Waals surface area contributed by atoms with Crippen LogP contribution in [0.1, 0.15) is 18.1 Å². The predicted molar refractivity (Wildman–Crippen MR) is 73.0 cm³/mol. The molecule has 0 saturated carbocycles. The third-order valence-electron chi connectivity index (χ3n) is 2.30. The number of esters is 1. The third-order valence-corrected chi connectivity index (χ3v) is 2.30. The molecule has 0 aliphatic carbocycles. The number of aryl methyl sites for hydroxylation is 1. The highest BCUT2D eigenvalue weighted by Gasteiger charge is 2.18. The van der Waals surface area contributed by atoms with Crippen molar-refractivity contribution in [3.63, 3.8) is 0 Å². The minimum Gasteiger partial charge on any atom is -0.469 e. The topological polar surface area (TPSA) is 105 Å². The number of nitro benzene ring substituents is 1. The number of anilines is 1. The molecule has 1 rings (SSSR count). The van der Waals surface area contributed by atoms with E-state index in [2.05, 4.69) is 10.1 Å². The second-order valence-electron chi connectivity index (χ2n) is 3.54. The monoisotopic (exact) mass is 267 g/mol. The van der Waals surface area contributed by atoms with Crippen LogP contribution in [0.15, 0.2) is 12.1 Å². The molecule has 0 aliphatic heterocycles. The summed E-state index contributed by atoms with van der Waals surface area (Å²) < 4.78 is 4.11. The van der Waals surface area contributed by atoms with Gasteiger partial charge in [0.15, 0.2) is 0 Å². The molecule has 7 nitrogen and oxygen atoms in total. The van der Waals surface area contributed by atoms with E-state index in [0.717, 1.165) is 6.21 Å². The molecule has 19 heavy (non-hydrogen) atoms. The van der Waals surface area contributed by atoms with Crippen molar-refractivity contribution in [1.29, 1.82) is 5.41 Å². The van der Waals surface area contributed by atoms with Gasteiger partial charge in [-0.2, -0.15) is 0 Å². The molecule has 1 aromatic carbocycles. The molecule has 1 aromatic rings. The second-order valence-corrected chi connectivity index (χ2v) is 3.54. The van der Waals surface area contributed by atoms with Gasteiger partial charge < -0.3 is 15.5 Å². The van der Waals surface area contributed by atoms with E-state index in [1.807, 2.05) is 0 Å². The van der Waals surface area contributed by atoms with Crippen LogP contribution >= 0.6 is 0 Å². The van der Waals surface area contributed by atoms with E-state index in [0.29, 0.717) is 16.8 Å². The van der Waals surface area contributed by atoms with Crippen LogP contribution in [0.25, 0.3) is 0 Å². The van der Waals surface area contributed by atoms with Gasteiger partial charge in [0.2, 0.25) is 0 Å². The first-order valence-electron chi connectivity index (χ1n) is 5.39. The van der Waals surface area contributed by atoms with Crippen LogP contribution < -0.4 is 5.32 Å². The lowest BCUT2D eigenvalue weighted by Crippen LogP contribution is -2.02. The standard InChI is InChI=1S/C9H11N3O2.C3H6O2/c1-6-3-4-8(11-2)7(5-10)9(6)12(13)14;1-3(4)5-2/h3-5,10-11H,1-2H3;1-2H3. The maximum Gasteiger partial charge on any atom is 0.302 e. The smallest absolute Gasteiger partial charge is 0.302 e. The lowest BCUT2D eigenvalue weighted by Gasteiger charge is -2.06. The van der Waals surface area contributed by atoms with Crippen LogP contribution in [0.3, 0.4) is 0 Å². The summed E-state index contributed by atoms with van der Waals surface area (Å²) >= 11 is 0. The molecule has 0 amide bonds. The number of carbonyl (C=O) groups excluding carboxylic acids is 1. The zero-order valence-electron chi connectivity index (χ0n) is 11.3. The molecule has 0 aliphatic rings. The van der Waals surface area contributed by atoms with Crippen LogP contribution in [0.5, 0.6) is 0 Å². The number of methoxy groups -OCH3 is 1. The van der Waals surface area contributed by atoms with Gasteiger partial charge in [0.25, 0.3) is 5.69 Å². The van der Waals surface area contributed by atoms with E-state index >= 15 is 0 Å². The van der Waals surface area contributed by atoms with Gasteiger partial charge in [-0.3, -0.25) is 14.9 Å². The molecule has 0 fully saturated rings. The van der Waals surface area contributed by atoms with Crippen LogP contribution in [-0.2, 0) is 9.53 Å². The van der Waals surface area contributed by atoms with Crippen LogP contribution in [-0.4, -0.2) is 31.3 Å². The molecule has 0 spiro atoms. The Hall–Kier alpha value is -2.44. The molecule has 104 valence electrons. The van der Waals surface area contributed by atoms with Crippen LogP contribution in [0, 0.1) is 22.4 Å². The first-order chi connectivity index (χ1) is 8.88. The lowest BCUT2D eigenvalue weighted by molar-refractivity contribution is -0.385. The fourth-order valence-electron chi connectivity index (χ4n) is 1.32. The molecule has 0 bridgehead atoms. The normalized spacial score (nSPS) is 8.84. The first kappa shape index (κ1) is 16.6. The van der Waals surface area contributed by atoms with E-state index in [1.54, 1.807) is 26.1 Å². The van der Waals surface area contributed by atoms with Crippen molar-refractivity contribution >= 4 is 23.6 Å². The van der Waals surface area contributed by atoms with Gasteiger partial charge in [-0.15, -0.1) is 0 Å². The summed E-state index contributed by atoms with van der Waals surface area (Å²) in [5, 5.41) is 20.7. The van der Waals surface area contributed by atoms with Crippen molar-refractivity contribution in [2.45, 2.75) is 13.8 Å². The zero-order valence-corrected chi connectivity index (χ0v) is 11.3. The SMILES string of the molecule is CNc1ccc(C)c([N+](=O)[O-])c1C=N.COC(C)=O. The molecule has 2 N–H and O–H groups in total. The first-order valence-corrected chi connectivity index (χ1v) is 5.39. The highest BCUT2D eigenvalue weighted by Crippen LogP contribution is 2.27. The third kappa shape index (κ3) is 4.74. The number of nitrogens with one attached hydrogen (secondary N) is 2. The fourth-order valence-corrected chi connectivity index (χ4v) is 1.32. The van der Waals surface area contributed by atoms with Crippen molar-refractivity contribution in [1.82, 2.24) is 0 Å². The number of nitrogens with zero attached hydrogens (tertiary/aromatic N) is 1. The highest BCUT2D eigenvalue weighted by atomic mass is 16.6. The van der Waals surface area contributed by atoms with Crippen molar-refractivity contribution in [2.75, 3.05) is 19.5 Å². The Kier molecular flexibility index (Phi) is 6.80. The lowest BCUT2D eigenvalue weighted by atomic mass is 10.1. The summed E-state index contributed by atoms with van der Waals surface area (Å²) in [4.78, 5) is 19.9. The van der Waals surface area contributed by atoms with Crippen LogP contribution in [0.2, 0.25) is 0 Å². The van der Waals surface area contributed by atoms with E-state index in [1.165, 1.54) is 14.0 Å². The van der Waals surface area contributed by atoms with E-state index in [-0.39, 0.29) is 11.7 Å². The van der Waals surface area contributed by atoms with Gasteiger partial charge in [-0.1, -0.05) is 6.07 Å². The molecule has 0 saturated heterocycles. The van der Waals surface area contributed by atoms with Crippen molar-refractivity contribution in [2.24, 2.45) is 0 Å². The van der Waals surface area contributed by atoms with Gasteiger partial charge in [-0.05, 0) is 13.0 Å². The Morgan fingerprint density at radius 3 is 2.37 bits per heavy atom. The second kappa shape index (κ2) is 7.80.